The first-order valence-electron chi connectivity index (χ1n) is 8.31. The Bertz CT molecular complexity index is 697. The Labute approximate surface area is 184 Å². The number of rotatable bonds is 10. The van der Waals surface area contributed by atoms with Crippen molar-refractivity contribution in [2.24, 2.45) is 4.99 Å². The highest BCUT2D eigenvalue weighted by Crippen LogP contribution is 2.19. The highest BCUT2D eigenvalue weighted by molar-refractivity contribution is 14.0. The minimum absolute atomic E-state index is 0. The van der Waals surface area contributed by atoms with Crippen LogP contribution in [0.15, 0.2) is 34.2 Å². The lowest BCUT2D eigenvalue weighted by molar-refractivity contribution is 0.204. The van der Waals surface area contributed by atoms with Crippen molar-refractivity contribution in [3.8, 4) is 0 Å². The molecule has 0 saturated heterocycles. The molecule has 0 spiro atoms. The fourth-order valence-corrected chi connectivity index (χ4v) is 3.26. The predicted molar refractivity (Wildman–Crippen MR) is 125 cm³/mol. The van der Waals surface area contributed by atoms with E-state index in [2.05, 4.69) is 40.5 Å². The zero-order valence-corrected chi connectivity index (χ0v) is 20.5. The van der Waals surface area contributed by atoms with Crippen LogP contribution in [0, 0.1) is 0 Å². The summed E-state index contributed by atoms with van der Waals surface area (Å²) in [6.07, 6.45) is 2.07. The second-order valence-electron chi connectivity index (χ2n) is 6.28. The van der Waals surface area contributed by atoms with Gasteiger partial charge in [0.2, 0.25) is 10.0 Å². The third-order valence-electron chi connectivity index (χ3n) is 3.72. The molecule has 0 bridgehead atoms. The second kappa shape index (κ2) is 12.8. The van der Waals surface area contributed by atoms with Gasteiger partial charge < -0.3 is 15.4 Å². The molecule has 7 nitrogen and oxygen atoms in total. The highest BCUT2D eigenvalue weighted by Gasteiger charge is 2.16. The maximum atomic E-state index is 12.3. The van der Waals surface area contributed by atoms with Gasteiger partial charge in [-0.15, -0.1) is 24.0 Å². The van der Waals surface area contributed by atoms with Crippen molar-refractivity contribution in [2.45, 2.75) is 30.0 Å². The lowest BCUT2D eigenvalue weighted by Gasteiger charge is -2.23. The van der Waals surface area contributed by atoms with Gasteiger partial charge in [-0.2, -0.15) is 11.8 Å². The Morgan fingerprint density at radius 2 is 2.00 bits per heavy atom. The van der Waals surface area contributed by atoms with Crippen LogP contribution in [0.2, 0.25) is 0 Å². The molecule has 0 unspecified atom stereocenters. The second-order valence-corrected chi connectivity index (χ2v) is 9.56. The topological polar surface area (TPSA) is 91.8 Å². The first-order valence-corrected chi connectivity index (χ1v) is 11.0. The lowest BCUT2D eigenvalue weighted by atomic mass is 10.2. The molecule has 1 aromatic carbocycles. The number of halogens is 1. The molecule has 10 heteroatoms. The molecule has 0 fully saturated rings. The van der Waals surface area contributed by atoms with E-state index in [9.17, 15) is 8.42 Å². The fraction of sp³-hybridized carbons (Fsp3) is 0.588. The number of aliphatic imine (C=N–C) groups is 1. The number of methoxy groups -OCH3 is 1. The summed E-state index contributed by atoms with van der Waals surface area (Å²) in [5.74, 6) is 0.679. The van der Waals surface area contributed by atoms with Crippen LogP contribution in [0.3, 0.4) is 0 Å². The van der Waals surface area contributed by atoms with Gasteiger partial charge in [0.15, 0.2) is 5.96 Å². The number of benzene rings is 1. The highest BCUT2D eigenvalue weighted by atomic mass is 127. The Morgan fingerprint density at radius 1 is 1.30 bits per heavy atom. The zero-order valence-electron chi connectivity index (χ0n) is 16.5. The summed E-state index contributed by atoms with van der Waals surface area (Å²) in [6, 6.07) is 6.84. The number of nitrogens with zero attached hydrogens (tertiary/aromatic N) is 1. The number of thioether (sulfide) groups is 1. The van der Waals surface area contributed by atoms with Crippen molar-refractivity contribution < 1.29 is 13.2 Å². The van der Waals surface area contributed by atoms with E-state index >= 15 is 0 Å². The number of ether oxygens (including phenoxy) is 1. The first kappa shape index (κ1) is 26.4. The van der Waals surface area contributed by atoms with Crippen molar-refractivity contribution in [1.29, 1.82) is 0 Å². The van der Waals surface area contributed by atoms with Crippen LogP contribution in [-0.4, -0.2) is 59.2 Å². The number of hydrogen-bond acceptors (Lipinski definition) is 5. The van der Waals surface area contributed by atoms with E-state index < -0.39 is 10.0 Å². The minimum atomic E-state index is -3.54. The molecule has 0 radical (unpaired) electrons. The van der Waals surface area contributed by atoms with Gasteiger partial charge in [-0.3, -0.25) is 4.99 Å². The molecule has 0 aliphatic rings. The monoisotopic (exact) mass is 530 g/mol. The van der Waals surface area contributed by atoms with Crippen LogP contribution < -0.4 is 15.4 Å². The third kappa shape index (κ3) is 9.97. The average molecular weight is 530 g/mol. The summed E-state index contributed by atoms with van der Waals surface area (Å²) >= 11 is 1.78. The molecule has 156 valence electrons. The molecular weight excluding hydrogens is 499 g/mol. The fourth-order valence-electron chi connectivity index (χ4n) is 1.96. The van der Waals surface area contributed by atoms with Gasteiger partial charge in [0, 0.05) is 38.5 Å². The zero-order chi connectivity index (χ0) is 19.6. The molecule has 0 aliphatic heterocycles. The van der Waals surface area contributed by atoms with Crippen LogP contribution in [0.4, 0.5) is 0 Å². The van der Waals surface area contributed by atoms with E-state index in [-0.39, 0.29) is 40.2 Å². The largest absolute Gasteiger partial charge is 0.383 e. The molecule has 3 N–H and O–H groups in total. The SMILES string of the molecule is CN=C(NCc1cccc(S(=O)(=O)NCCOC)c1)NCC(C)(C)SC.I. The lowest BCUT2D eigenvalue weighted by Crippen LogP contribution is -2.43. The molecule has 0 aliphatic carbocycles. The van der Waals surface area contributed by atoms with Crippen LogP contribution >= 0.6 is 35.7 Å². The van der Waals surface area contributed by atoms with Crippen LogP contribution in [-0.2, 0) is 21.3 Å². The molecule has 27 heavy (non-hydrogen) atoms. The summed E-state index contributed by atoms with van der Waals surface area (Å²) in [7, 11) is -0.299. The van der Waals surface area contributed by atoms with Crippen molar-refractivity contribution >= 4 is 51.7 Å². The van der Waals surface area contributed by atoms with E-state index in [1.54, 1.807) is 37.0 Å². The van der Waals surface area contributed by atoms with Crippen LogP contribution in [0.25, 0.3) is 0 Å². The quantitative estimate of drug-likeness (QED) is 0.186. The van der Waals surface area contributed by atoms with Gasteiger partial charge >= 0.3 is 0 Å². The van der Waals surface area contributed by atoms with Crippen LogP contribution in [0.1, 0.15) is 19.4 Å². The smallest absolute Gasteiger partial charge is 0.240 e. The van der Waals surface area contributed by atoms with Crippen molar-refractivity contribution in [2.75, 3.05) is 40.1 Å². The summed E-state index contributed by atoms with van der Waals surface area (Å²) in [4.78, 5) is 4.44. The first-order chi connectivity index (χ1) is 12.2. The van der Waals surface area contributed by atoms with E-state index in [1.807, 2.05) is 6.07 Å². The van der Waals surface area contributed by atoms with Crippen molar-refractivity contribution in [1.82, 2.24) is 15.4 Å². The number of guanidine groups is 1. The van der Waals surface area contributed by atoms with Gasteiger partial charge in [-0.05, 0) is 37.8 Å². The molecule has 0 amide bonds. The minimum Gasteiger partial charge on any atom is -0.383 e. The van der Waals surface area contributed by atoms with Gasteiger partial charge in [0.25, 0.3) is 0 Å². The van der Waals surface area contributed by atoms with E-state index in [0.717, 1.165) is 12.1 Å². The predicted octanol–water partition coefficient (Wildman–Crippen LogP) is 2.04. The average Bonchev–Trinajstić information content (AvgIpc) is 2.62. The Morgan fingerprint density at radius 3 is 2.59 bits per heavy atom. The summed E-state index contributed by atoms with van der Waals surface area (Å²) in [5, 5.41) is 6.49. The molecule has 0 heterocycles. The molecule has 0 aromatic heterocycles. The Hall–Kier alpha value is -0.560. The van der Waals surface area contributed by atoms with E-state index in [1.165, 1.54) is 7.11 Å². The Balaban J connectivity index is 0.00000676. The van der Waals surface area contributed by atoms with E-state index in [4.69, 9.17) is 4.74 Å². The molecule has 1 rings (SSSR count). The summed E-state index contributed by atoms with van der Waals surface area (Å²) < 4.78 is 32.0. The van der Waals surface area contributed by atoms with Crippen molar-refractivity contribution in [3.63, 3.8) is 0 Å². The maximum Gasteiger partial charge on any atom is 0.240 e. The number of sulfonamides is 1. The Kier molecular flexibility index (Phi) is 12.5. The molecule has 0 saturated carbocycles. The molecule has 0 atom stereocenters. The van der Waals surface area contributed by atoms with Gasteiger partial charge in [0.1, 0.15) is 0 Å². The summed E-state index contributed by atoms with van der Waals surface area (Å²) in [6.45, 7) is 6.12. The number of hydrogen-bond donors (Lipinski definition) is 3. The molecular formula is C17H31IN4O3S2. The van der Waals surface area contributed by atoms with Crippen molar-refractivity contribution in [3.05, 3.63) is 29.8 Å². The van der Waals surface area contributed by atoms with Gasteiger partial charge in [-0.25, -0.2) is 13.1 Å². The van der Waals surface area contributed by atoms with E-state index in [0.29, 0.717) is 19.1 Å². The number of nitrogens with one attached hydrogen (secondary N) is 3. The molecule has 1 aromatic rings. The summed E-state index contributed by atoms with van der Waals surface area (Å²) in [5.41, 5.74) is 0.853. The van der Waals surface area contributed by atoms with Crippen LogP contribution in [0.5, 0.6) is 0 Å². The maximum absolute atomic E-state index is 12.3. The normalized spacial score (nSPS) is 12.4. The van der Waals surface area contributed by atoms with Gasteiger partial charge in [0.05, 0.1) is 11.5 Å². The standard InChI is InChI=1S/C17H30N4O3S2.HI/c1-17(2,25-5)13-20-16(18-3)19-12-14-7-6-8-15(11-14)26(22,23)21-9-10-24-4;/h6-8,11,21H,9-10,12-13H2,1-5H3,(H2,18,19,20);1H. The third-order valence-corrected chi connectivity index (χ3v) is 6.43. The van der Waals surface area contributed by atoms with Gasteiger partial charge in [-0.1, -0.05) is 12.1 Å².